The molecule has 0 fully saturated rings. The summed E-state index contributed by atoms with van der Waals surface area (Å²) in [5, 5.41) is 15.8. The van der Waals surface area contributed by atoms with E-state index < -0.39 is 0 Å². The fourth-order valence-electron chi connectivity index (χ4n) is 1.57. The highest BCUT2D eigenvalue weighted by atomic mass is 35.5. The van der Waals surface area contributed by atoms with E-state index in [2.05, 4.69) is 10.5 Å². The van der Waals surface area contributed by atoms with Crippen LogP contribution in [0.5, 0.6) is 0 Å². The first-order chi connectivity index (χ1) is 8.56. The van der Waals surface area contributed by atoms with Gasteiger partial charge in [0.2, 0.25) is 5.91 Å². The van der Waals surface area contributed by atoms with Crippen LogP contribution >= 0.6 is 11.6 Å². The number of nitrogens with zero attached hydrogens (tertiary/aromatic N) is 1. The van der Waals surface area contributed by atoms with Crippen LogP contribution in [0.25, 0.3) is 0 Å². The lowest BCUT2D eigenvalue weighted by molar-refractivity contribution is -0.122. The maximum atomic E-state index is 11.7. The topological polar surface area (TPSA) is 75.4 Å². The van der Waals surface area contributed by atoms with Gasteiger partial charge in [-0.25, -0.2) is 0 Å². The maximum Gasteiger partial charge on any atom is 0.220 e. The van der Waals surface area contributed by atoms with Crippen LogP contribution in [0.15, 0.2) is 10.6 Å². The lowest BCUT2D eigenvalue weighted by Gasteiger charge is -2.21. The Kier molecular flexibility index (Phi) is 6.15. The largest absolute Gasteiger partial charge is 0.394 e. The van der Waals surface area contributed by atoms with E-state index in [1.807, 2.05) is 13.8 Å². The first-order valence-electron chi connectivity index (χ1n) is 6.08. The van der Waals surface area contributed by atoms with E-state index in [-0.39, 0.29) is 24.5 Å². The number of hydrogen-bond acceptors (Lipinski definition) is 4. The summed E-state index contributed by atoms with van der Waals surface area (Å²) in [6.07, 6.45) is 1.64. The van der Waals surface area contributed by atoms with Gasteiger partial charge in [-0.1, -0.05) is 37.0 Å². The molecule has 0 saturated heterocycles. The van der Waals surface area contributed by atoms with Crippen LogP contribution in [-0.2, 0) is 11.2 Å². The minimum absolute atomic E-state index is 0.0467. The number of nitrogens with one attached hydrogen (secondary N) is 1. The second-order valence-electron chi connectivity index (χ2n) is 4.36. The Bertz CT molecular complexity index is 381. The van der Waals surface area contributed by atoms with Crippen molar-refractivity contribution in [2.45, 2.75) is 39.2 Å². The third kappa shape index (κ3) is 4.66. The summed E-state index contributed by atoms with van der Waals surface area (Å²) >= 11 is 5.60. The van der Waals surface area contributed by atoms with Crippen molar-refractivity contribution < 1.29 is 14.4 Å². The van der Waals surface area contributed by atoms with Gasteiger partial charge in [-0.3, -0.25) is 4.79 Å². The fraction of sp³-hybridized carbons (Fsp3) is 0.667. The molecule has 18 heavy (non-hydrogen) atoms. The average molecular weight is 275 g/mol. The van der Waals surface area contributed by atoms with Crippen molar-refractivity contribution in [1.82, 2.24) is 10.5 Å². The molecule has 2 N–H and O–H groups in total. The van der Waals surface area contributed by atoms with Crippen LogP contribution < -0.4 is 5.32 Å². The molecule has 0 spiro atoms. The predicted molar refractivity (Wildman–Crippen MR) is 68.3 cm³/mol. The van der Waals surface area contributed by atoms with Crippen LogP contribution in [-0.4, -0.2) is 28.8 Å². The van der Waals surface area contributed by atoms with Gasteiger partial charge in [0, 0.05) is 18.9 Å². The van der Waals surface area contributed by atoms with Crippen LogP contribution in [0.3, 0.4) is 0 Å². The first kappa shape index (κ1) is 15.0. The Morgan fingerprint density at radius 3 is 2.89 bits per heavy atom. The second kappa shape index (κ2) is 7.38. The van der Waals surface area contributed by atoms with Gasteiger partial charge in [0.25, 0.3) is 0 Å². The van der Waals surface area contributed by atoms with Gasteiger partial charge in [0.1, 0.15) is 5.76 Å². The number of amides is 1. The Labute approximate surface area is 111 Å². The molecule has 1 heterocycles. The summed E-state index contributed by atoms with van der Waals surface area (Å²) in [6.45, 7) is 3.97. The number of carbonyl (C=O) groups excluding carboxylic acids is 1. The molecular formula is C12H19ClN2O3. The summed E-state index contributed by atoms with van der Waals surface area (Å²) in [5.41, 5.74) is 0. The lowest BCUT2D eigenvalue weighted by Crippen LogP contribution is -2.41. The van der Waals surface area contributed by atoms with Crippen molar-refractivity contribution in [3.63, 3.8) is 0 Å². The molecule has 0 unspecified atom stereocenters. The summed E-state index contributed by atoms with van der Waals surface area (Å²) in [4.78, 5) is 11.7. The highest BCUT2D eigenvalue weighted by Gasteiger charge is 2.17. The molecule has 5 nitrogen and oxygen atoms in total. The lowest BCUT2D eigenvalue weighted by atomic mass is 10.00. The zero-order valence-electron chi connectivity index (χ0n) is 10.6. The minimum Gasteiger partial charge on any atom is -0.394 e. The van der Waals surface area contributed by atoms with Crippen LogP contribution in [0.4, 0.5) is 0 Å². The predicted octanol–water partition coefficient (Wildman–Crippen LogP) is 1.78. The molecule has 0 bridgehead atoms. The van der Waals surface area contributed by atoms with E-state index in [0.29, 0.717) is 23.8 Å². The molecule has 6 heteroatoms. The third-order valence-corrected chi connectivity index (χ3v) is 3.18. The maximum absolute atomic E-state index is 11.7. The van der Waals surface area contributed by atoms with Gasteiger partial charge in [0.05, 0.1) is 12.6 Å². The fourth-order valence-corrected chi connectivity index (χ4v) is 1.73. The Morgan fingerprint density at radius 1 is 1.67 bits per heavy atom. The van der Waals surface area contributed by atoms with Gasteiger partial charge >= 0.3 is 0 Å². The molecule has 0 aliphatic rings. The van der Waals surface area contributed by atoms with E-state index in [1.165, 1.54) is 0 Å². The number of aromatic nitrogens is 1. The number of aryl methyl sites for hydroxylation is 1. The molecule has 0 aliphatic heterocycles. The summed E-state index contributed by atoms with van der Waals surface area (Å²) in [7, 11) is 0. The molecule has 102 valence electrons. The number of rotatable bonds is 7. The van der Waals surface area contributed by atoms with Crippen molar-refractivity contribution in [3.05, 3.63) is 17.0 Å². The van der Waals surface area contributed by atoms with Crippen LogP contribution in [0.1, 0.15) is 32.4 Å². The van der Waals surface area contributed by atoms with Crippen molar-refractivity contribution in [2.24, 2.45) is 5.92 Å². The minimum atomic E-state index is -0.194. The molecule has 1 rings (SSSR count). The molecule has 0 aliphatic carbocycles. The second-order valence-corrected chi connectivity index (χ2v) is 4.75. The summed E-state index contributed by atoms with van der Waals surface area (Å²) < 4.78 is 4.90. The Morgan fingerprint density at radius 2 is 2.39 bits per heavy atom. The van der Waals surface area contributed by atoms with E-state index in [4.69, 9.17) is 16.1 Å². The van der Waals surface area contributed by atoms with Crippen molar-refractivity contribution in [3.8, 4) is 0 Å². The van der Waals surface area contributed by atoms with Gasteiger partial charge < -0.3 is 14.9 Å². The Balaban J connectivity index is 2.36. The molecule has 2 atom stereocenters. The smallest absolute Gasteiger partial charge is 0.220 e. The van der Waals surface area contributed by atoms with Crippen molar-refractivity contribution in [1.29, 1.82) is 0 Å². The van der Waals surface area contributed by atoms with Gasteiger partial charge in [-0.15, -0.1) is 0 Å². The Hall–Kier alpha value is -1.07. The van der Waals surface area contributed by atoms with E-state index in [9.17, 15) is 9.90 Å². The zero-order valence-corrected chi connectivity index (χ0v) is 11.4. The standard InChI is InChI=1S/C12H19ClN2O3/c1-3-8(2)10(7-16)14-12(17)5-4-9-6-11(13)15-18-9/h6,8,10,16H,3-5,7H2,1-2H3,(H,14,17)/t8-,10-/m1/s1. The molecule has 1 aromatic heterocycles. The normalized spacial score (nSPS) is 14.2. The number of aliphatic hydroxyl groups excluding tert-OH is 1. The van der Waals surface area contributed by atoms with E-state index in [1.54, 1.807) is 6.07 Å². The number of hydrogen-bond donors (Lipinski definition) is 2. The number of halogens is 1. The molecule has 0 radical (unpaired) electrons. The monoisotopic (exact) mass is 274 g/mol. The van der Waals surface area contributed by atoms with Crippen LogP contribution in [0.2, 0.25) is 5.15 Å². The third-order valence-electron chi connectivity index (χ3n) is 3.00. The molecule has 1 aromatic rings. The van der Waals surface area contributed by atoms with Gasteiger partial charge in [0.15, 0.2) is 5.15 Å². The first-order valence-corrected chi connectivity index (χ1v) is 6.46. The summed E-state index contributed by atoms with van der Waals surface area (Å²) in [5.74, 6) is 0.722. The van der Waals surface area contributed by atoms with Gasteiger partial charge in [-0.05, 0) is 5.92 Å². The molecule has 0 aromatic carbocycles. The SMILES string of the molecule is CC[C@@H](C)[C@@H](CO)NC(=O)CCc1cc(Cl)no1. The highest BCUT2D eigenvalue weighted by Crippen LogP contribution is 2.11. The highest BCUT2D eigenvalue weighted by molar-refractivity contribution is 6.29. The molecule has 0 saturated carbocycles. The van der Waals surface area contributed by atoms with Crippen LogP contribution in [0, 0.1) is 5.92 Å². The number of aliphatic hydroxyl groups is 1. The average Bonchev–Trinajstić information content (AvgIpc) is 2.78. The van der Waals surface area contributed by atoms with Crippen molar-refractivity contribution in [2.75, 3.05) is 6.61 Å². The van der Waals surface area contributed by atoms with Crippen molar-refractivity contribution >= 4 is 17.5 Å². The van der Waals surface area contributed by atoms with E-state index >= 15 is 0 Å². The zero-order chi connectivity index (χ0) is 13.5. The number of carbonyl (C=O) groups is 1. The summed E-state index contributed by atoms with van der Waals surface area (Å²) in [6, 6.07) is 1.40. The van der Waals surface area contributed by atoms with E-state index in [0.717, 1.165) is 6.42 Å². The van der Waals surface area contributed by atoms with Gasteiger partial charge in [-0.2, -0.15) is 0 Å². The molecule has 1 amide bonds. The quantitative estimate of drug-likeness (QED) is 0.795. The molecular weight excluding hydrogens is 256 g/mol.